The van der Waals surface area contributed by atoms with Crippen LogP contribution in [0.4, 0.5) is 0 Å². The maximum absolute atomic E-state index is 12.6. The predicted molar refractivity (Wildman–Crippen MR) is 106 cm³/mol. The summed E-state index contributed by atoms with van der Waals surface area (Å²) in [6.07, 6.45) is 4.67. The molecule has 1 atom stereocenters. The summed E-state index contributed by atoms with van der Waals surface area (Å²) in [6, 6.07) is 8.17. The summed E-state index contributed by atoms with van der Waals surface area (Å²) in [7, 11) is 0. The Bertz CT molecular complexity index is 571. The van der Waals surface area contributed by atoms with E-state index in [1.807, 2.05) is 29.2 Å². The van der Waals surface area contributed by atoms with Gasteiger partial charge < -0.3 is 16.0 Å². The molecule has 0 aromatic heterocycles. The van der Waals surface area contributed by atoms with Crippen molar-refractivity contribution in [3.63, 3.8) is 0 Å². The lowest BCUT2D eigenvalue weighted by atomic mass is 10.0. The second kappa shape index (κ2) is 11.5. The van der Waals surface area contributed by atoms with E-state index in [2.05, 4.69) is 21.2 Å². The molecule has 1 heterocycles. The van der Waals surface area contributed by atoms with Crippen LogP contribution in [0.15, 0.2) is 28.7 Å². The number of benzene rings is 1. The van der Waals surface area contributed by atoms with Crippen LogP contribution in [0.1, 0.15) is 37.7 Å². The van der Waals surface area contributed by atoms with Crippen molar-refractivity contribution in [3.8, 4) is 0 Å². The van der Waals surface area contributed by atoms with E-state index < -0.39 is 0 Å². The summed E-state index contributed by atoms with van der Waals surface area (Å²) in [6.45, 7) is 1.67. The minimum atomic E-state index is -0.0374. The van der Waals surface area contributed by atoms with Crippen LogP contribution in [0.25, 0.3) is 0 Å². The lowest BCUT2D eigenvalue weighted by Crippen LogP contribution is -2.49. The highest BCUT2D eigenvalue weighted by atomic mass is 79.9. The van der Waals surface area contributed by atoms with Gasteiger partial charge in [-0.1, -0.05) is 28.1 Å². The SMILES string of the molecule is Cl.NCCC(=O)NCC1CCCCN1C(=O)CCc1cccc(Br)c1. The second-order valence-corrected chi connectivity index (χ2v) is 7.13. The molecule has 0 bridgehead atoms. The fourth-order valence-electron chi connectivity index (χ4n) is 3.08. The Kier molecular flexibility index (Phi) is 10.1. The number of amides is 2. The summed E-state index contributed by atoms with van der Waals surface area (Å²) >= 11 is 3.46. The number of likely N-dealkylation sites (tertiary alicyclic amines) is 1. The normalized spacial score (nSPS) is 16.9. The van der Waals surface area contributed by atoms with E-state index in [9.17, 15) is 9.59 Å². The molecule has 2 amide bonds. The first-order chi connectivity index (χ1) is 11.6. The molecule has 140 valence electrons. The van der Waals surface area contributed by atoms with Gasteiger partial charge in [0.15, 0.2) is 0 Å². The quantitative estimate of drug-likeness (QED) is 0.695. The highest BCUT2D eigenvalue weighted by Gasteiger charge is 2.26. The van der Waals surface area contributed by atoms with Crippen LogP contribution in [0.3, 0.4) is 0 Å². The lowest BCUT2D eigenvalue weighted by Gasteiger charge is -2.36. The van der Waals surface area contributed by atoms with E-state index in [0.29, 0.717) is 25.9 Å². The zero-order valence-corrected chi connectivity index (χ0v) is 16.8. The van der Waals surface area contributed by atoms with Crippen molar-refractivity contribution in [2.45, 2.75) is 44.6 Å². The molecule has 1 saturated heterocycles. The fraction of sp³-hybridized carbons (Fsp3) is 0.556. The van der Waals surface area contributed by atoms with Gasteiger partial charge in [0.05, 0.1) is 0 Å². The average molecular weight is 433 g/mol. The number of nitrogens with two attached hydrogens (primary N) is 1. The van der Waals surface area contributed by atoms with E-state index >= 15 is 0 Å². The van der Waals surface area contributed by atoms with Gasteiger partial charge in [-0.3, -0.25) is 9.59 Å². The van der Waals surface area contributed by atoms with E-state index in [1.165, 1.54) is 0 Å². The third-order valence-corrected chi connectivity index (χ3v) is 4.86. The van der Waals surface area contributed by atoms with Gasteiger partial charge >= 0.3 is 0 Å². The molecule has 0 spiro atoms. The minimum absolute atomic E-state index is 0. The summed E-state index contributed by atoms with van der Waals surface area (Å²) in [4.78, 5) is 26.2. The van der Waals surface area contributed by atoms with E-state index in [4.69, 9.17) is 5.73 Å². The van der Waals surface area contributed by atoms with Crippen molar-refractivity contribution in [3.05, 3.63) is 34.3 Å². The predicted octanol–water partition coefficient (Wildman–Crippen LogP) is 2.65. The molecule has 2 rings (SSSR count). The summed E-state index contributed by atoms with van der Waals surface area (Å²) in [5.41, 5.74) is 6.55. The molecule has 25 heavy (non-hydrogen) atoms. The molecule has 1 aliphatic heterocycles. The highest BCUT2D eigenvalue weighted by Crippen LogP contribution is 2.19. The van der Waals surface area contributed by atoms with Gasteiger partial charge in [0, 0.05) is 43.0 Å². The topological polar surface area (TPSA) is 75.4 Å². The van der Waals surface area contributed by atoms with Gasteiger partial charge in [-0.15, -0.1) is 12.4 Å². The van der Waals surface area contributed by atoms with Crippen molar-refractivity contribution < 1.29 is 9.59 Å². The third-order valence-electron chi connectivity index (χ3n) is 4.37. The Morgan fingerprint density at radius 2 is 2.08 bits per heavy atom. The number of halogens is 2. The van der Waals surface area contributed by atoms with Crippen molar-refractivity contribution in [1.82, 2.24) is 10.2 Å². The molecular weight excluding hydrogens is 406 g/mol. The summed E-state index contributed by atoms with van der Waals surface area (Å²) in [5.74, 6) is 0.136. The smallest absolute Gasteiger partial charge is 0.223 e. The molecule has 1 fully saturated rings. The van der Waals surface area contributed by atoms with Gasteiger partial charge in [0.25, 0.3) is 0 Å². The number of nitrogens with zero attached hydrogens (tertiary/aromatic N) is 1. The maximum Gasteiger partial charge on any atom is 0.223 e. The number of aryl methyl sites for hydroxylation is 1. The van der Waals surface area contributed by atoms with Gasteiger partial charge in [-0.05, 0) is 43.4 Å². The Morgan fingerprint density at radius 3 is 2.80 bits per heavy atom. The van der Waals surface area contributed by atoms with Gasteiger partial charge in [-0.2, -0.15) is 0 Å². The number of hydrogen-bond donors (Lipinski definition) is 2. The van der Waals surface area contributed by atoms with Gasteiger partial charge in [0.2, 0.25) is 11.8 Å². The number of nitrogens with one attached hydrogen (secondary N) is 1. The monoisotopic (exact) mass is 431 g/mol. The number of hydrogen-bond acceptors (Lipinski definition) is 3. The zero-order valence-electron chi connectivity index (χ0n) is 14.4. The molecule has 0 radical (unpaired) electrons. The summed E-state index contributed by atoms with van der Waals surface area (Å²) < 4.78 is 1.03. The first-order valence-corrected chi connectivity index (χ1v) is 9.40. The Hall–Kier alpha value is -1.11. The molecule has 0 saturated carbocycles. The van der Waals surface area contributed by atoms with Crippen molar-refractivity contribution in [2.75, 3.05) is 19.6 Å². The van der Waals surface area contributed by atoms with Crippen LogP contribution in [0, 0.1) is 0 Å². The standard InChI is InChI=1S/C18H26BrN3O2.ClH/c19-15-5-3-4-14(12-15)7-8-18(24)22-11-2-1-6-16(22)13-21-17(23)9-10-20;/h3-5,12,16H,1-2,6-11,13,20H2,(H,21,23);1H. The van der Waals surface area contributed by atoms with E-state index in [0.717, 1.165) is 42.3 Å². The van der Waals surface area contributed by atoms with E-state index in [1.54, 1.807) is 0 Å². The Labute approximate surface area is 164 Å². The number of piperidine rings is 1. The number of carbonyl (C=O) groups excluding carboxylic acids is 2. The van der Waals surface area contributed by atoms with Crippen molar-refractivity contribution in [2.24, 2.45) is 5.73 Å². The van der Waals surface area contributed by atoms with Crippen LogP contribution in [-0.2, 0) is 16.0 Å². The molecule has 5 nitrogen and oxygen atoms in total. The molecule has 7 heteroatoms. The zero-order chi connectivity index (χ0) is 17.4. The van der Waals surface area contributed by atoms with Crippen LogP contribution < -0.4 is 11.1 Å². The Balaban J connectivity index is 0.00000312. The van der Waals surface area contributed by atoms with Crippen LogP contribution in [0.5, 0.6) is 0 Å². The molecule has 1 aliphatic rings. The van der Waals surface area contributed by atoms with Crippen molar-refractivity contribution >= 4 is 40.2 Å². The number of rotatable bonds is 7. The Morgan fingerprint density at radius 1 is 1.28 bits per heavy atom. The largest absolute Gasteiger partial charge is 0.354 e. The first-order valence-electron chi connectivity index (χ1n) is 8.61. The second-order valence-electron chi connectivity index (χ2n) is 6.21. The summed E-state index contributed by atoms with van der Waals surface area (Å²) in [5, 5.41) is 2.90. The highest BCUT2D eigenvalue weighted by molar-refractivity contribution is 9.10. The lowest BCUT2D eigenvalue weighted by molar-refractivity contribution is -0.135. The van der Waals surface area contributed by atoms with Crippen LogP contribution >= 0.6 is 28.3 Å². The fourth-order valence-corrected chi connectivity index (χ4v) is 3.53. The molecule has 1 unspecified atom stereocenters. The van der Waals surface area contributed by atoms with Crippen molar-refractivity contribution in [1.29, 1.82) is 0 Å². The minimum Gasteiger partial charge on any atom is -0.354 e. The molecule has 0 aliphatic carbocycles. The van der Waals surface area contributed by atoms with Crippen LogP contribution in [0.2, 0.25) is 0 Å². The first kappa shape index (κ1) is 21.9. The van der Waals surface area contributed by atoms with Gasteiger partial charge in [0.1, 0.15) is 0 Å². The molecule has 1 aromatic carbocycles. The van der Waals surface area contributed by atoms with E-state index in [-0.39, 0.29) is 30.3 Å². The third kappa shape index (κ3) is 7.34. The molecule has 3 N–H and O–H groups in total. The molecule has 1 aromatic rings. The molecular formula is C18H27BrClN3O2. The average Bonchev–Trinajstić information content (AvgIpc) is 2.58. The maximum atomic E-state index is 12.6. The number of carbonyl (C=O) groups is 2. The van der Waals surface area contributed by atoms with Gasteiger partial charge in [-0.25, -0.2) is 0 Å². The van der Waals surface area contributed by atoms with Crippen LogP contribution in [-0.4, -0.2) is 42.4 Å².